The van der Waals surface area contributed by atoms with Crippen molar-refractivity contribution in [2.45, 2.75) is 9.79 Å². The first-order valence-corrected chi connectivity index (χ1v) is 9.45. The molecule has 0 fully saturated rings. The lowest BCUT2D eigenvalue weighted by Gasteiger charge is -2.10. The van der Waals surface area contributed by atoms with Crippen LogP contribution in [-0.4, -0.2) is 14.7 Å². The Balaban J connectivity index is 1.96. The van der Waals surface area contributed by atoms with Crippen LogP contribution in [0.5, 0.6) is 0 Å². The van der Waals surface area contributed by atoms with Gasteiger partial charge in [-0.2, -0.15) is 0 Å². The van der Waals surface area contributed by atoms with Gasteiger partial charge in [-0.15, -0.1) is 11.8 Å². The number of rotatable bonds is 4. The summed E-state index contributed by atoms with van der Waals surface area (Å²) in [6, 6.07) is 20.2. The zero-order valence-electron chi connectivity index (χ0n) is 12.0. The van der Waals surface area contributed by atoms with Crippen molar-refractivity contribution in [1.82, 2.24) is 0 Å². The highest BCUT2D eigenvalue weighted by Gasteiger charge is 2.14. The fourth-order valence-corrected chi connectivity index (χ4v) is 3.78. The summed E-state index contributed by atoms with van der Waals surface area (Å²) >= 11 is 1.57. The van der Waals surface area contributed by atoms with Crippen LogP contribution in [0, 0.1) is 0 Å². The molecule has 22 heavy (non-hydrogen) atoms. The van der Waals surface area contributed by atoms with Gasteiger partial charge in [0.2, 0.25) is 0 Å². The van der Waals surface area contributed by atoms with Crippen molar-refractivity contribution in [2.24, 2.45) is 0 Å². The molecule has 0 radical (unpaired) electrons. The number of nitrogens with one attached hydrogen (secondary N) is 1. The van der Waals surface area contributed by atoms with E-state index in [1.54, 1.807) is 30.0 Å². The molecule has 1 N–H and O–H groups in total. The molecule has 0 heterocycles. The van der Waals surface area contributed by atoms with Gasteiger partial charge < -0.3 is 0 Å². The number of hydrogen-bond donors (Lipinski definition) is 1. The van der Waals surface area contributed by atoms with Crippen LogP contribution in [0.2, 0.25) is 0 Å². The Morgan fingerprint density at radius 3 is 2.41 bits per heavy atom. The first kappa shape index (κ1) is 14.9. The van der Waals surface area contributed by atoms with Crippen LogP contribution in [0.3, 0.4) is 0 Å². The first-order chi connectivity index (χ1) is 10.6. The predicted molar refractivity (Wildman–Crippen MR) is 93.0 cm³/mol. The summed E-state index contributed by atoms with van der Waals surface area (Å²) in [6.07, 6.45) is 1.96. The summed E-state index contributed by atoms with van der Waals surface area (Å²) in [6.45, 7) is 0. The Labute approximate surface area is 134 Å². The second-order valence-electron chi connectivity index (χ2n) is 4.85. The second-order valence-corrected chi connectivity index (χ2v) is 7.41. The van der Waals surface area contributed by atoms with Gasteiger partial charge in [-0.1, -0.05) is 36.4 Å². The molecule has 0 unspecified atom stereocenters. The third-order valence-electron chi connectivity index (χ3n) is 3.35. The third-order valence-corrected chi connectivity index (χ3v) is 5.46. The van der Waals surface area contributed by atoms with Crippen LogP contribution >= 0.6 is 11.8 Å². The minimum absolute atomic E-state index is 0.265. The molecule has 0 aliphatic heterocycles. The molecule has 0 aliphatic carbocycles. The topological polar surface area (TPSA) is 46.2 Å². The largest absolute Gasteiger partial charge is 0.280 e. The molecule has 3 aromatic rings. The zero-order valence-corrected chi connectivity index (χ0v) is 13.6. The molecule has 0 aliphatic rings. The number of fused-ring (bicyclic) bond motifs is 1. The minimum Gasteiger partial charge on any atom is -0.280 e. The molecule has 112 valence electrons. The van der Waals surface area contributed by atoms with E-state index in [0.29, 0.717) is 5.69 Å². The van der Waals surface area contributed by atoms with Crippen molar-refractivity contribution in [3.8, 4) is 0 Å². The maximum Gasteiger partial charge on any atom is 0.261 e. The van der Waals surface area contributed by atoms with Crippen molar-refractivity contribution < 1.29 is 8.42 Å². The van der Waals surface area contributed by atoms with E-state index in [1.807, 2.05) is 54.8 Å². The summed E-state index contributed by atoms with van der Waals surface area (Å²) in [7, 11) is -3.59. The Hall–Kier alpha value is -1.98. The smallest absolute Gasteiger partial charge is 0.261 e. The highest BCUT2D eigenvalue weighted by Crippen LogP contribution is 2.23. The highest BCUT2D eigenvalue weighted by atomic mass is 32.2. The number of thioether (sulfide) groups is 1. The lowest BCUT2D eigenvalue weighted by molar-refractivity contribution is 0.601. The molecule has 3 aromatic carbocycles. The van der Waals surface area contributed by atoms with Crippen molar-refractivity contribution in [1.29, 1.82) is 0 Å². The van der Waals surface area contributed by atoms with Crippen molar-refractivity contribution >= 4 is 38.2 Å². The molecular formula is C17H15NO2S2. The van der Waals surface area contributed by atoms with Gasteiger partial charge in [-0.3, -0.25) is 4.72 Å². The van der Waals surface area contributed by atoms with Gasteiger partial charge in [-0.05, 0) is 47.4 Å². The lowest BCUT2D eigenvalue weighted by Crippen LogP contribution is -2.12. The van der Waals surface area contributed by atoms with E-state index >= 15 is 0 Å². The van der Waals surface area contributed by atoms with Crippen molar-refractivity contribution in [3.63, 3.8) is 0 Å². The standard InChI is InChI=1S/C17H15NO2S2/c1-21-16-8-4-7-15(12-16)18-22(19,20)17-10-9-13-5-2-3-6-14(13)11-17/h2-12,18H,1H3. The summed E-state index contributed by atoms with van der Waals surface area (Å²) in [5.41, 5.74) is 0.569. The van der Waals surface area contributed by atoms with Crippen molar-refractivity contribution in [2.75, 3.05) is 11.0 Å². The summed E-state index contributed by atoms with van der Waals surface area (Å²) in [5.74, 6) is 0. The van der Waals surface area contributed by atoms with Gasteiger partial charge in [0.25, 0.3) is 10.0 Å². The molecule has 3 rings (SSSR count). The van der Waals surface area contributed by atoms with E-state index < -0.39 is 10.0 Å². The monoisotopic (exact) mass is 329 g/mol. The second kappa shape index (κ2) is 6.02. The van der Waals surface area contributed by atoms with E-state index in [2.05, 4.69) is 4.72 Å². The van der Waals surface area contributed by atoms with E-state index in [4.69, 9.17) is 0 Å². The SMILES string of the molecule is CSc1cccc(NS(=O)(=O)c2ccc3ccccc3c2)c1. The summed E-state index contributed by atoms with van der Waals surface area (Å²) in [4.78, 5) is 1.28. The number of benzene rings is 3. The molecule has 0 saturated heterocycles. The predicted octanol–water partition coefficient (Wildman–Crippen LogP) is 4.36. The average Bonchev–Trinajstić information content (AvgIpc) is 2.54. The molecule has 0 saturated carbocycles. The Bertz CT molecular complexity index is 921. The van der Waals surface area contributed by atoms with Crippen LogP contribution < -0.4 is 4.72 Å². The molecule has 0 spiro atoms. The average molecular weight is 329 g/mol. The minimum atomic E-state index is -3.59. The quantitative estimate of drug-likeness (QED) is 0.723. The summed E-state index contributed by atoms with van der Waals surface area (Å²) in [5, 5.41) is 1.93. The molecule has 0 aromatic heterocycles. The Kier molecular flexibility index (Phi) is 4.09. The Morgan fingerprint density at radius 1 is 0.864 bits per heavy atom. The molecule has 0 bridgehead atoms. The van der Waals surface area contributed by atoms with Gasteiger partial charge >= 0.3 is 0 Å². The van der Waals surface area contributed by atoms with Crippen LogP contribution in [0.1, 0.15) is 0 Å². The van der Waals surface area contributed by atoms with Gasteiger partial charge in [0.15, 0.2) is 0 Å². The van der Waals surface area contributed by atoms with Gasteiger partial charge in [0.1, 0.15) is 0 Å². The molecule has 3 nitrogen and oxygen atoms in total. The van der Waals surface area contributed by atoms with Gasteiger partial charge in [0.05, 0.1) is 4.90 Å². The van der Waals surface area contributed by atoms with Crippen LogP contribution in [0.25, 0.3) is 10.8 Å². The number of anilines is 1. The molecular weight excluding hydrogens is 314 g/mol. The van der Waals surface area contributed by atoms with Crippen LogP contribution in [0.4, 0.5) is 5.69 Å². The maximum atomic E-state index is 12.5. The van der Waals surface area contributed by atoms with E-state index in [-0.39, 0.29) is 4.90 Å². The van der Waals surface area contributed by atoms with Crippen LogP contribution in [0.15, 0.2) is 76.5 Å². The number of hydrogen-bond acceptors (Lipinski definition) is 3. The third kappa shape index (κ3) is 3.10. The lowest BCUT2D eigenvalue weighted by atomic mass is 10.1. The van der Waals surface area contributed by atoms with Crippen molar-refractivity contribution in [3.05, 3.63) is 66.7 Å². The zero-order chi connectivity index (χ0) is 15.6. The van der Waals surface area contributed by atoms with Gasteiger partial charge in [0, 0.05) is 10.6 Å². The fraction of sp³-hybridized carbons (Fsp3) is 0.0588. The maximum absolute atomic E-state index is 12.5. The van der Waals surface area contributed by atoms with Gasteiger partial charge in [-0.25, -0.2) is 8.42 Å². The molecule has 0 amide bonds. The summed E-state index contributed by atoms with van der Waals surface area (Å²) < 4.78 is 27.7. The Morgan fingerprint density at radius 2 is 1.64 bits per heavy atom. The fourth-order valence-electron chi connectivity index (χ4n) is 2.24. The highest BCUT2D eigenvalue weighted by molar-refractivity contribution is 7.98. The normalized spacial score (nSPS) is 11.5. The molecule has 5 heteroatoms. The molecule has 0 atom stereocenters. The van der Waals surface area contributed by atoms with E-state index in [0.717, 1.165) is 15.7 Å². The van der Waals surface area contributed by atoms with E-state index in [9.17, 15) is 8.42 Å². The number of sulfonamides is 1. The van der Waals surface area contributed by atoms with E-state index in [1.165, 1.54) is 0 Å². The van der Waals surface area contributed by atoms with Crippen LogP contribution in [-0.2, 0) is 10.0 Å². The first-order valence-electron chi connectivity index (χ1n) is 6.74.